The lowest BCUT2D eigenvalue weighted by atomic mass is 10.3. The summed E-state index contributed by atoms with van der Waals surface area (Å²) in [6.45, 7) is 9.41. The maximum atomic E-state index is 5.60. The van der Waals surface area contributed by atoms with Crippen molar-refractivity contribution in [2.24, 2.45) is 5.84 Å². The molecule has 0 fully saturated rings. The SMILES string of the molecule is CCN(CC)CC(C)Nc1cc(NN)nc(N)n1. The van der Waals surface area contributed by atoms with Crippen molar-refractivity contribution < 1.29 is 0 Å². The van der Waals surface area contributed by atoms with Crippen LogP contribution >= 0.6 is 0 Å². The van der Waals surface area contributed by atoms with E-state index in [0.29, 0.717) is 11.6 Å². The van der Waals surface area contributed by atoms with Gasteiger partial charge in [0, 0.05) is 18.7 Å². The Balaban J connectivity index is 2.63. The number of nitrogens with zero attached hydrogens (tertiary/aromatic N) is 3. The highest BCUT2D eigenvalue weighted by Crippen LogP contribution is 2.12. The third-order valence-electron chi connectivity index (χ3n) is 2.71. The van der Waals surface area contributed by atoms with Gasteiger partial charge in [0.15, 0.2) is 0 Å². The molecule has 1 heterocycles. The highest BCUT2D eigenvalue weighted by atomic mass is 15.3. The van der Waals surface area contributed by atoms with Crippen LogP contribution in [0.1, 0.15) is 20.8 Å². The van der Waals surface area contributed by atoms with Crippen LogP contribution in [-0.4, -0.2) is 40.5 Å². The number of likely N-dealkylation sites (N-methyl/N-ethyl adjacent to an activating group) is 1. The number of rotatable bonds is 7. The lowest BCUT2D eigenvalue weighted by Gasteiger charge is -2.23. The van der Waals surface area contributed by atoms with Crippen LogP contribution in [-0.2, 0) is 0 Å². The zero-order valence-electron chi connectivity index (χ0n) is 11.3. The van der Waals surface area contributed by atoms with Crippen LogP contribution in [0.2, 0.25) is 0 Å². The van der Waals surface area contributed by atoms with Crippen molar-refractivity contribution in [1.82, 2.24) is 14.9 Å². The maximum absolute atomic E-state index is 5.60. The fourth-order valence-corrected chi connectivity index (χ4v) is 1.78. The molecule has 0 radical (unpaired) electrons. The molecule has 18 heavy (non-hydrogen) atoms. The highest BCUT2D eigenvalue weighted by molar-refractivity contribution is 5.50. The Morgan fingerprint density at radius 3 is 2.44 bits per heavy atom. The Labute approximate surface area is 108 Å². The van der Waals surface area contributed by atoms with Crippen LogP contribution in [0.3, 0.4) is 0 Å². The Morgan fingerprint density at radius 2 is 1.89 bits per heavy atom. The average Bonchev–Trinajstić information content (AvgIpc) is 2.35. The van der Waals surface area contributed by atoms with Gasteiger partial charge < -0.3 is 21.4 Å². The lowest BCUT2D eigenvalue weighted by Crippen LogP contribution is -2.35. The van der Waals surface area contributed by atoms with Gasteiger partial charge in [0.1, 0.15) is 11.6 Å². The predicted molar refractivity (Wildman–Crippen MR) is 75.1 cm³/mol. The van der Waals surface area contributed by atoms with Gasteiger partial charge in [0.05, 0.1) is 0 Å². The second-order valence-electron chi connectivity index (χ2n) is 4.17. The minimum absolute atomic E-state index is 0.197. The van der Waals surface area contributed by atoms with E-state index in [-0.39, 0.29) is 12.0 Å². The smallest absolute Gasteiger partial charge is 0.223 e. The van der Waals surface area contributed by atoms with E-state index in [2.05, 4.69) is 46.4 Å². The van der Waals surface area contributed by atoms with Crippen molar-refractivity contribution >= 4 is 17.6 Å². The molecule has 1 aromatic rings. The molecule has 0 aliphatic heterocycles. The molecule has 7 heteroatoms. The number of anilines is 3. The Morgan fingerprint density at radius 1 is 1.28 bits per heavy atom. The quantitative estimate of drug-likeness (QED) is 0.414. The van der Waals surface area contributed by atoms with Crippen LogP contribution in [0.5, 0.6) is 0 Å². The van der Waals surface area contributed by atoms with Gasteiger partial charge in [0.25, 0.3) is 0 Å². The van der Waals surface area contributed by atoms with E-state index in [0.717, 1.165) is 19.6 Å². The second kappa shape index (κ2) is 6.97. The second-order valence-corrected chi connectivity index (χ2v) is 4.17. The van der Waals surface area contributed by atoms with Crippen molar-refractivity contribution in [1.29, 1.82) is 0 Å². The summed E-state index contributed by atoms with van der Waals surface area (Å²) in [7, 11) is 0. The molecule has 6 N–H and O–H groups in total. The van der Waals surface area contributed by atoms with Gasteiger partial charge >= 0.3 is 0 Å². The Bertz CT molecular complexity index is 364. The fraction of sp³-hybridized carbons (Fsp3) is 0.636. The van der Waals surface area contributed by atoms with Gasteiger partial charge in [-0.3, -0.25) is 0 Å². The number of nitrogens with one attached hydrogen (secondary N) is 2. The fourth-order valence-electron chi connectivity index (χ4n) is 1.78. The summed E-state index contributed by atoms with van der Waals surface area (Å²) in [6.07, 6.45) is 0. The van der Waals surface area contributed by atoms with Crippen molar-refractivity contribution in [2.75, 3.05) is 36.1 Å². The number of hydrogen-bond acceptors (Lipinski definition) is 7. The molecule has 0 amide bonds. The Kier molecular flexibility index (Phi) is 5.60. The molecule has 0 aliphatic carbocycles. The van der Waals surface area contributed by atoms with Gasteiger partial charge in [-0.05, 0) is 20.0 Å². The average molecular weight is 253 g/mol. The predicted octanol–water partition coefficient (Wildman–Crippen LogP) is 0.487. The van der Waals surface area contributed by atoms with Gasteiger partial charge in [-0.15, -0.1) is 0 Å². The molecular formula is C11H23N7. The topological polar surface area (TPSA) is 105 Å². The van der Waals surface area contributed by atoms with E-state index in [1.54, 1.807) is 6.07 Å². The normalized spacial score (nSPS) is 12.5. The summed E-state index contributed by atoms with van der Waals surface area (Å²) in [6, 6.07) is 2.00. The zero-order valence-corrected chi connectivity index (χ0v) is 11.3. The molecule has 0 saturated carbocycles. The van der Waals surface area contributed by atoms with Crippen LogP contribution in [0.25, 0.3) is 0 Å². The summed E-state index contributed by atoms with van der Waals surface area (Å²) in [5.74, 6) is 6.68. The molecule has 1 unspecified atom stereocenters. The largest absolute Gasteiger partial charge is 0.368 e. The van der Waals surface area contributed by atoms with Gasteiger partial charge in [0.2, 0.25) is 5.95 Å². The summed E-state index contributed by atoms with van der Waals surface area (Å²) in [5, 5.41) is 3.29. The zero-order chi connectivity index (χ0) is 13.5. The number of hydrogen-bond donors (Lipinski definition) is 4. The molecule has 0 spiro atoms. The van der Waals surface area contributed by atoms with E-state index >= 15 is 0 Å². The van der Waals surface area contributed by atoms with E-state index in [1.807, 2.05) is 0 Å². The first-order valence-electron chi connectivity index (χ1n) is 6.19. The molecule has 0 saturated heterocycles. The minimum atomic E-state index is 0.197. The number of nitrogens with two attached hydrogens (primary N) is 2. The van der Waals surface area contributed by atoms with Crippen molar-refractivity contribution in [2.45, 2.75) is 26.8 Å². The third-order valence-corrected chi connectivity index (χ3v) is 2.71. The Hall–Kier alpha value is -1.60. The summed E-state index contributed by atoms with van der Waals surface area (Å²) >= 11 is 0. The van der Waals surface area contributed by atoms with Crippen molar-refractivity contribution in [3.8, 4) is 0 Å². The van der Waals surface area contributed by atoms with Crippen LogP contribution in [0, 0.1) is 0 Å². The van der Waals surface area contributed by atoms with E-state index in [4.69, 9.17) is 11.6 Å². The van der Waals surface area contributed by atoms with Crippen LogP contribution < -0.4 is 22.3 Å². The molecule has 0 aromatic carbocycles. The summed E-state index contributed by atoms with van der Waals surface area (Å²) in [4.78, 5) is 10.4. The van der Waals surface area contributed by atoms with E-state index < -0.39 is 0 Å². The first-order chi connectivity index (χ1) is 8.58. The van der Waals surface area contributed by atoms with Crippen molar-refractivity contribution in [3.63, 3.8) is 0 Å². The molecule has 7 nitrogen and oxygen atoms in total. The van der Waals surface area contributed by atoms with Crippen LogP contribution in [0.4, 0.5) is 17.6 Å². The molecule has 1 rings (SSSR count). The molecule has 102 valence electrons. The van der Waals surface area contributed by atoms with E-state index in [9.17, 15) is 0 Å². The maximum Gasteiger partial charge on any atom is 0.223 e. The van der Waals surface area contributed by atoms with Gasteiger partial charge in [-0.25, -0.2) is 5.84 Å². The van der Waals surface area contributed by atoms with E-state index in [1.165, 1.54) is 0 Å². The molecule has 0 bridgehead atoms. The standard InChI is InChI=1S/C11H23N7/c1-4-18(5-2)7-8(3)14-9-6-10(17-13)16-11(12)15-9/h6,8H,4-5,7,13H2,1-3H3,(H4,12,14,15,16,17). The molecule has 1 aromatic heterocycles. The lowest BCUT2D eigenvalue weighted by molar-refractivity contribution is 0.294. The monoisotopic (exact) mass is 253 g/mol. The van der Waals surface area contributed by atoms with Crippen molar-refractivity contribution in [3.05, 3.63) is 6.07 Å². The first kappa shape index (κ1) is 14.5. The number of hydrazine groups is 1. The minimum Gasteiger partial charge on any atom is -0.368 e. The highest BCUT2D eigenvalue weighted by Gasteiger charge is 2.09. The molecule has 1 atom stereocenters. The first-order valence-corrected chi connectivity index (χ1v) is 6.19. The summed E-state index contributed by atoms with van der Waals surface area (Å²) < 4.78 is 0. The summed E-state index contributed by atoms with van der Waals surface area (Å²) in [5.41, 5.74) is 8.06. The molecule has 0 aliphatic rings. The number of aromatic nitrogens is 2. The number of nitrogen functional groups attached to an aromatic ring is 2. The van der Waals surface area contributed by atoms with Gasteiger partial charge in [-0.2, -0.15) is 9.97 Å². The van der Waals surface area contributed by atoms with Crippen LogP contribution in [0.15, 0.2) is 6.07 Å². The van der Waals surface area contributed by atoms with Gasteiger partial charge in [-0.1, -0.05) is 13.8 Å². The molecular weight excluding hydrogens is 230 g/mol. The third kappa shape index (κ3) is 4.34.